The molecule has 148 valence electrons. The second kappa shape index (κ2) is 7.39. The zero-order valence-electron chi connectivity index (χ0n) is 16.0. The Morgan fingerprint density at radius 1 is 1.12 bits per heavy atom. The van der Waals surface area contributed by atoms with Crippen molar-refractivity contribution in [3.05, 3.63) is 0 Å². The molecule has 4 atom stereocenters. The highest BCUT2D eigenvalue weighted by atomic mass is 127. The molecular weight excluding hydrogens is 441 g/mol. The molecule has 0 aromatic carbocycles. The number of hydrogen-bond acceptors (Lipinski definition) is 3. The van der Waals surface area contributed by atoms with Crippen LogP contribution in [-0.2, 0) is 9.47 Å². The number of rotatable bonds is 1. The molecule has 3 heterocycles. The summed E-state index contributed by atoms with van der Waals surface area (Å²) in [6, 6.07) is 0.577. The quantitative estimate of drug-likeness (QED) is 0.360. The summed E-state index contributed by atoms with van der Waals surface area (Å²) in [5, 5.41) is 3.91. The van der Waals surface area contributed by atoms with Gasteiger partial charge < -0.3 is 19.7 Å². The maximum atomic E-state index is 6.08. The van der Waals surface area contributed by atoms with Crippen LogP contribution in [0.4, 0.5) is 0 Å². The van der Waals surface area contributed by atoms with Crippen molar-refractivity contribution in [2.45, 2.75) is 63.5 Å². The molecule has 0 radical (unpaired) electrons. The summed E-state index contributed by atoms with van der Waals surface area (Å²) < 4.78 is 11.9. The number of piperidine rings is 1. The number of hydrogen-bond donors (Lipinski definition) is 1. The van der Waals surface area contributed by atoms with Gasteiger partial charge in [-0.1, -0.05) is 6.42 Å². The van der Waals surface area contributed by atoms with Crippen molar-refractivity contribution < 1.29 is 9.47 Å². The zero-order chi connectivity index (χ0) is 16.9. The molecule has 5 rings (SSSR count). The van der Waals surface area contributed by atoms with E-state index in [1.54, 1.807) is 0 Å². The van der Waals surface area contributed by atoms with Gasteiger partial charge in [-0.15, -0.1) is 24.0 Å². The second-order valence-corrected chi connectivity index (χ2v) is 9.18. The van der Waals surface area contributed by atoms with Crippen molar-refractivity contribution in [2.24, 2.45) is 21.7 Å². The lowest BCUT2D eigenvalue weighted by Crippen LogP contribution is -2.73. The van der Waals surface area contributed by atoms with Crippen molar-refractivity contribution >= 4 is 29.9 Å². The minimum atomic E-state index is 0. The minimum Gasteiger partial charge on any atom is -0.381 e. The smallest absolute Gasteiger partial charge is 0.193 e. The fourth-order valence-corrected chi connectivity index (χ4v) is 6.51. The number of ether oxygens (including phenoxy) is 2. The highest BCUT2D eigenvalue weighted by Gasteiger charge is 2.67. The van der Waals surface area contributed by atoms with E-state index in [0.717, 1.165) is 38.9 Å². The van der Waals surface area contributed by atoms with Gasteiger partial charge >= 0.3 is 0 Å². The van der Waals surface area contributed by atoms with E-state index in [1.807, 2.05) is 7.05 Å². The largest absolute Gasteiger partial charge is 0.381 e. The van der Waals surface area contributed by atoms with Gasteiger partial charge in [0.1, 0.15) is 0 Å². The Morgan fingerprint density at radius 2 is 1.96 bits per heavy atom. The fraction of sp³-hybridized carbons (Fsp3) is 0.950. The summed E-state index contributed by atoms with van der Waals surface area (Å²) in [5.41, 5.74) is 0.777. The molecule has 5 aliphatic rings. The number of nitrogens with one attached hydrogen (secondary N) is 1. The molecule has 0 bridgehead atoms. The molecule has 0 aromatic heterocycles. The number of nitrogens with zero attached hydrogens (tertiary/aromatic N) is 2. The molecule has 6 heteroatoms. The Balaban J connectivity index is 0.00000168. The topological polar surface area (TPSA) is 46.1 Å². The normalized spacial score (nSPS) is 41.2. The van der Waals surface area contributed by atoms with Crippen LogP contribution in [0.3, 0.4) is 0 Å². The van der Waals surface area contributed by atoms with E-state index < -0.39 is 0 Å². The van der Waals surface area contributed by atoms with Gasteiger partial charge in [-0.25, -0.2) is 0 Å². The van der Waals surface area contributed by atoms with E-state index in [1.165, 1.54) is 51.4 Å². The summed E-state index contributed by atoms with van der Waals surface area (Å²) in [4.78, 5) is 7.22. The zero-order valence-corrected chi connectivity index (χ0v) is 18.4. The number of fused-ring (bicyclic) bond motifs is 2. The number of likely N-dealkylation sites (tertiary alicyclic amines) is 1. The first-order chi connectivity index (χ1) is 12.3. The Morgan fingerprint density at radius 3 is 2.65 bits per heavy atom. The molecule has 1 N–H and O–H groups in total. The molecule has 4 unspecified atom stereocenters. The molecule has 2 spiro atoms. The van der Waals surface area contributed by atoms with Crippen LogP contribution >= 0.6 is 24.0 Å². The summed E-state index contributed by atoms with van der Waals surface area (Å²) in [6.07, 6.45) is 10.9. The molecule has 3 saturated heterocycles. The van der Waals surface area contributed by atoms with Crippen LogP contribution in [0.2, 0.25) is 0 Å². The second-order valence-electron chi connectivity index (χ2n) is 9.18. The number of halogens is 1. The van der Waals surface area contributed by atoms with Crippen LogP contribution in [0.5, 0.6) is 0 Å². The first-order valence-electron chi connectivity index (χ1n) is 10.4. The van der Waals surface area contributed by atoms with Gasteiger partial charge in [0.25, 0.3) is 0 Å². The predicted octanol–water partition coefficient (Wildman–Crippen LogP) is 3.03. The van der Waals surface area contributed by atoms with E-state index in [-0.39, 0.29) is 24.0 Å². The van der Waals surface area contributed by atoms with Gasteiger partial charge in [-0.05, 0) is 44.9 Å². The summed E-state index contributed by atoms with van der Waals surface area (Å²) in [6.45, 7) is 5.08. The molecular formula is C20H34IN3O2. The number of guanidine groups is 1. The van der Waals surface area contributed by atoms with Gasteiger partial charge in [0.05, 0.1) is 12.7 Å². The van der Waals surface area contributed by atoms with E-state index in [9.17, 15) is 0 Å². The van der Waals surface area contributed by atoms with Gasteiger partial charge in [0.2, 0.25) is 0 Å². The SMILES string of the molecule is CN=C(NC1C2CCOC2C12CCC2)N1CCCC2(CCCOC2)C1.I. The minimum absolute atomic E-state index is 0. The maximum absolute atomic E-state index is 6.08. The van der Waals surface area contributed by atoms with Crippen molar-refractivity contribution in [1.29, 1.82) is 0 Å². The van der Waals surface area contributed by atoms with Crippen LogP contribution in [0.15, 0.2) is 4.99 Å². The molecule has 2 saturated carbocycles. The average molecular weight is 475 g/mol. The number of aliphatic imine (C=N–C) groups is 1. The predicted molar refractivity (Wildman–Crippen MR) is 113 cm³/mol. The van der Waals surface area contributed by atoms with Gasteiger partial charge in [-0.3, -0.25) is 4.99 Å². The monoisotopic (exact) mass is 475 g/mol. The van der Waals surface area contributed by atoms with Crippen molar-refractivity contribution in [3.8, 4) is 0 Å². The van der Waals surface area contributed by atoms with Crippen LogP contribution in [0.25, 0.3) is 0 Å². The third-order valence-corrected chi connectivity index (χ3v) is 7.90. The van der Waals surface area contributed by atoms with Gasteiger partial charge in [-0.2, -0.15) is 0 Å². The first-order valence-corrected chi connectivity index (χ1v) is 10.4. The molecule has 5 nitrogen and oxygen atoms in total. The van der Waals surface area contributed by atoms with Crippen LogP contribution in [0.1, 0.15) is 51.4 Å². The average Bonchev–Trinajstić information content (AvgIpc) is 3.00. The van der Waals surface area contributed by atoms with Gasteiger partial charge in [0.15, 0.2) is 5.96 Å². The van der Waals surface area contributed by atoms with Crippen molar-refractivity contribution in [2.75, 3.05) is 40.0 Å². The van der Waals surface area contributed by atoms with E-state index in [2.05, 4.69) is 10.2 Å². The summed E-state index contributed by atoms with van der Waals surface area (Å²) >= 11 is 0. The lowest BCUT2D eigenvalue weighted by Gasteiger charge is -2.63. The van der Waals surface area contributed by atoms with Crippen LogP contribution in [-0.4, -0.2) is 63.0 Å². The fourth-order valence-electron chi connectivity index (χ4n) is 6.51. The lowest BCUT2D eigenvalue weighted by atomic mass is 9.46. The summed E-state index contributed by atoms with van der Waals surface area (Å²) in [5.74, 6) is 1.83. The Bertz CT molecular complexity index is 540. The molecule has 0 amide bonds. The standard InChI is InChI=1S/C20H33N3O2.HI/c1-21-18(23-10-3-6-19(13-23)7-4-11-24-14-19)22-16-15-5-12-25-17(15)20(16)8-2-9-20;/h15-17H,2-14H2,1H3,(H,21,22);1H. The van der Waals surface area contributed by atoms with E-state index >= 15 is 0 Å². The molecule has 5 fully saturated rings. The third-order valence-electron chi connectivity index (χ3n) is 7.90. The lowest BCUT2D eigenvalue weighted by molar-refractivity contribution is -0.171. The molecule has 0 aromatic rings. The highest BCUT2D eigenvalue weighted by Crippen LogP contribution is 2.62. The third kappa shape index (κ3) is 2.89. The van der Waals surface area contributed by atoms with Crippen LogP contribution < -0.4 is 5.32 Å². The maximum Gasteiger partial charge on any atom is 0.193 e. The molecule has 26 heavy (non-hydrogen) atoms. The Labute approximate surface area is 174 Å². The first kappa shape index (κ1) is 19.2. The van der Waals surface area contributed by atoms with Crippen molar-refractivity contribution in [1.82, 2.24) is 10.2 Å². The summed E-state index contributed by atoms with van der Waals surface area (Å²) in [7, 11) is 1.95. The van der Waals surface area contributed by atoms with Crippen LogP contribution in [0, 0.1) is 16.7 Å². The Kier molecular flexibility index (Phi) is 5.47. The Hall–Kier alpha value is -0.0800. The molecule has 3 aliphatic heterocycles. The molecule has 2 aliphatic carbocycles. The van der Waals surface area contributed by atoms with E-state index in [0.29, 0.717) is 28.9 Å². The van der Waals surface area contributed by atoms with Gasteiger partial charge in [0, 0.05) is 56.1 Å². The highest BCUT2D eigenvalue weighted by molar-refractivity contribution is 14.0. The van der Waals surface area contributed by atoms with E-state index in [4.69, 9.17) is 14.5 Å². The van der Waals surface area contributed by atoms with Crippen molar-refractivity contribution in [3.63, 3.8) is 0 Å².